The van der Waals surface area contributed by atoms with Crippen LogP contribution in [0.3, 0.4) is 0 Å². The Hall–Kier alpha value is -0.170. The molecule has 0 amide bonds. The molecule has 1 saturated heterocycles. The Labute approximate surface area is 105 Å². The van der Waals surface area contributed by atoms with Gasteiger partial charge in [-0.1, -0.05) is 13.3 Å². The van der Waals surface area contributed by atoms with Crippen molar-refractivity contribution in [2.45, 2.75) is 45.1 Å². The summed E-state index contributed by atoms with van der Waals surface area (Å²) in [4.78, 5) is 0. The van der Waals surface area contributed by atoms with Gasteiger partial charge in [0.25, 0.3) is 10.2 Å². The van der Waals surface area contributed by atoms with Crippen molar-refractivity contribution < 1.29 is 8.42 Å². The Morgan fingerprint density at radius 2 is 2.24 bits per heavy atom. The monoisotopic (exact) mass is 263 g/mol. The molecule has 6 heteroatoms. The first kappa shape index (κ1) is 14.9. The molecule has 5 nitrogen and oxygen atoms in total. The van der Waals surface area contributed by atoms with Crippen LogP contribution in [-0.4, -0.2) is 45.4 Å². The van der Waals surface area contributed by atoms with Crippen molar-refractivity contribution in [2.24, 2.45) is 0 Å². The number of hydrogen-bond donors (Lipinski definition) is 2. The van der Waals surface area contributed by atoms with Gasteiger partial charge in [-0.15, -0.1) is 0 Å². The highest BCUT2D eigenvalue weighted by Gasteiger charge is 2.18. The fourth-order valence-corrected chi connectivity index (χ4v) is 2.94. The van der Waals surface area contributed by atoms with E-state index in [0.717, 1.165) is 32.2 Å². The van der Waals surface area contributed by atoms with Crippen LogP contribution in [0.25, 0.3) is 0 Å². The van der Waals surface area contributed by atoms with Crippen molar-refractivity contribution in [3.8, 4) is 0 Å². The summed E-state index contributed by atoms with van der Waals surface area (Å²) in [5.41, 5.74) is 0. The van der Waals surface area contributed by atoms with Gasteiger partial charge >= 0.3 is 0 Å². The number of nitrogens with one attached hydrogen (secondary N) is 2. The molecule has 0 radical (unpaired) electrons. The summed E-state index contributed by atoms with van der Waals surface area (Å²) in [7, 11) is -1.64. The zero-order valence-corrected chi connectivity index (χ0v) is 11.7. The Kier molecular flexibility index (Phi) is 6.40. The molecular weight excluding hydrogens is 238 g/mol. The van der Waals surface area contributed by atoms with Crippen LogP contribution in [0.5, 0.6) is 0 Å². The summed E-state index contributed by atoms with van der Waals surface area (Å²) in [5, 5.41) is 3.36. The van der Waals surface area contributed by atoms with Crippen LogP contribution < -0.4 is 10.0 Å². The molecule has 1 atom stereocenters. The lowest BCUT2D eigenvalue weighted by molar-refractivity contribution is 0.445. The molecule has 17 heavy (non-hydrogen) atoms. The Bertz CT molecular complexity index is 300. The fraction of sp³-hybridized carbons (Fsp3) is 1.00. The molecule has 1 rings (SSSR count). The molecule has 1 aliphatic heterocycles. The van der Waals surface area contributed by atoms with E-state index in [9.17, 15) is 8.42 Å². The van der Waals surface area contributed by atoms with Crippen molar-refractivity contribution in [2.75, 3.05) is 26.7 Å². The van der Waals surface area contributed by atoms with Crippen molar-refractivity contribution in [3.63, 3.8) is 0 Å². The first-order chi connectivity index (χ1) is 8.06. The standard InChI is InChI=1S/C11H25N3O2S/c1-3-4-10-14(2)17(15,16)13-9-7-11-6-5-8-12-11/h11-13H,3-10H2,1-2H3. The van der Waals surface area contributed by atoms with Gasteiger partial charge < -0.3 is 5.32 Å². The predicted molar refractivity (Wildman–Crippen MR) is 70.1 cm³/mol. The summed E-state index contributed by atoms with van der Waals surface area (Å²) in [5.74, 6) is 0. The van der Waals surface area contributed by atoms with Crippen LogP contribution in [-0.2, 0) is 10.2 Å². The lowest BCUT2D eigenvalue weighted by Gasteiger charge is -2.18. The number of hydrogen-bond acceptors (Lipinski definition) is 3. The third-order valence-corrected chi connectivity index (χ3v) is 4.75. The lowest BCUT2D eigenvalue weighted by atomic mass is 10.2. The first-order valence-electron chi connectivity index (χ1n) is 6.50. The summed E-state index contributed by atoms with van der Waals surface area (Å²) >= 11 is 0. The molecule has 0 spiro atoms. The van der Waals surface area contributed by atoms with Gasteiger partial charge in [-0.2, -0.15) is 12.7 Å². The minimum absolute atomic E-state index is 0.485. The Morgan fingerprint density at radius 3 is 2.82 bits per heavy atom. The van der Waals surface area contributed by atoms with Crippen LogP contribution in [0.15, 0.2) is 0 Å². The topological polar surface area (TPSA) is 61.4 Å². The van der Waals surface area contributed by atoms with Gasteiger partial charge in [0.05, 0.1) is 0 Å². The molecule has 1 heterocycles. The summed E-state index contributed by atoms with van der Waals surface area (Å²) < 4.78 is 27.7. The molecule has 1 unspecified atom stereocenters. The second-order valence-electron chi connectivity index (χ2n) is 4.66. The third-order valence-electron chi connectivity index (χ3n) is 3.18. The highest BCUT2D eigenvalue weighted by molar-refractivity contribution is 7.87. The Morgan fingerprint density at radius 1 is 1.47 bits per heavy atom. The zero-order chi connectivity index (χ0) is 12.7. The van der Waals surface area contributed by atoms with E-state index in [0.29, 0.717) is 19.1 Å². The fourth-order valence-electron chi connectivity index (χ4n) is 1.98. The molecule has 1 fully saturated rings. The van der Waals surface area contributed by atoms with Gasteiger partial charge in [0.15, 0.2) is 0 Å². The quantitative estimate of drug-likeness (QED) is 0.677. The number of rotatable bonds is 8. The zero-order valence-electron chi connectivity index (χ0n) is 10.9. The van der Waals surface area contributed by atoms with E-state index in [1.54, 1.807) is 7.05 Å². The molecule has 1 aliphatic rings. The molecule has 0 aromatic heterocycles. The van der Waals surface area contributed by atoms with Gasteiger partial charge in [0.1, 0.15) is 0 Å². The predicted octanol–water partition coefficient (Wildman–Crippen LogP) is 0.695. The second kappa shape index (κ2) is 7.31. The van der Waals surface area contributed by atoms with Crippen molar-refractivity contribution in [1.82, 2.24) is 14.3 Å². The minimum Gasteiger partial charge on any atom is -0.314 e. The molecule has 0 aromatic rings. The van der Waals surface area contributed by atoms with E-state index in [4.69, 9.17) is 0 Å². The van der Waals surface area contributed by atoms with E-state index in [2.05, 4.69) is 17.0 Å². The molecule has 0 aliphatic carbocycles. The van der Waals surface area contributed by atoms with Crippen molar-refractivity contribution >= 4 is 10.2 Å². The minimum atomic E-state index is -3.27. The molecule has 0 saturated carbocycles. The third kappa shape index (κ3) is 5.33. The first-order valence-corrected chi connectivity index (χ1v) is 7.94. The number of nitrogens with zero attached hydrogens (tertiary/aromatic N) is 1. The second-order valence-corrected chi connectivity index (χ2v) is 6.52. The van der Waals surface area contributed by atoms with E-state index in [-0.39, 0.29) is 0 Å². The molecule has 0 bridgehead atoms. The van der Waals surface area contributed by atoms with Crippen molar-refractivity contribution in [1.29, 1.82) is 0 Å². The largest absolute Gasteiger partial charge is 0.314 e. The SMILES string of the molecule is CCCCN(C)S(=O)(=O)NCCC1CCCN1. The maximum absolute atomic E-state index is 11.8. The van der Waals surface area contributed by atoms with Gasteiger partial charge in [0, 0.05) is 26.2 Å². The average Bonchev–Trinajstić information content (AvgIpc) is 2.78. The highest BCUT2D eigenvalue weighted by atomic mass is 32.2. The van der Waals surface area contributed by atoms with Crippen LogP contribution in [0.1, 0.15) is 39.0 Å². The molecule has 2 N–H and O–H groups in total. The summed E-state index contributed by atoms with van der Waals surface area (Å²) in [6.45, 7) is 4.23. The highest BCUT2D eigenvalue weighted by Crippen LogP contribution is 2.08. The Balaban J connectivity index is 2.23. The average molecular weight is 263 g/mol. The van der Waals surface area contributed by atoms with Gasteiger partial charge in [-0.25, -0.2) is 4.72 Å². The number of unbranched alkanes of at least 4 members (excludes halogenated alkanes) is 1. The molecule has 102 valence electrons. The van der Waals surface area contributed by atoms with Crippen molar-refractivity contribution in [3.05, 3.63) is 0 Å². The summed E-state index contributed by atoms with van der Waals surface area (Å²) in [6, 6.07) is 0.485. The molecular formula is C11H25N3O2S. The van der Waals surface area contributed by atoms with E-state index < -0.39 is 10.2 Å². The van der Waals surface area contributed by atoms with Gasteiger partial charge in [0.2, 0.25) is 0 Å². The van der Waals surface area contributed by atoms with E-state index >= 15 is 0 Å². The maximum Gasteiger partial charge on any atom is 0.279 e. The van der Waals surface area contributed by atoms with Crippen LogP contribution in [0.4, 0.5) is 0 Å². The smallest absolute Gasteiger partial charge is 0.279 e. The van der Waals surface area contributed by atoms with E-state index in [1.165, 1.54) is 10.7 Å². The molecule has 0 aromatic carbocycles. The van der Waals surface area contributed by atoms with Crippen LogP contribution in [0, 0.1) is 0 Å². The maximum atomic E-state index is 11.8. The van der Waals surface area contributed by atoms with Crippen LogP contribution >= 0.6 is 0 Å². The van der Waals surface area contributed by atoms with Gasteiger partial charge in [-0.05, 0) is 32.2 Å². The normalized spacial score (nSPS) is 21.2. The van der Waals surface area contributed by atoms with E-state index in [1.807, 2.05) is 0 Å². The van der Waals surface area contributed by atoms with Gasteiger partial charge in [-0.3, -0.25) is 0 Å². The lowest BCUT2D eigenvalue weighted by Crippen LogP contribution is -2.40. The van der Waals surface area contributed by atoms with Crippen LogP contribution in [0.2, 0.25) is 0 Å². The summed E-state index contributed by atoms with van der Waals surface area (Å²) in [6.07, 6.45) is 5.15.